The maximum absolute atomic E-state index is 6.38. The van der Waals surface area contributed by atoms with E-state index >= 15 is 0 Å². The van der Waals surface area contributed by atoms with Crippen LogP contribution in [0.5, 0.6) is 0 Å². The monoisotopic (exact) mass is 457 g/mol. The summed E-state index contributed by atoms with van der Waals surface area (Å²) in [4.78, 5) is 9.28. The SMILES string of the molecule is CC1(C)O[C@@H]2[C@H](O1)[C@H](CN)O[C@H]2n1cc(-c2ccccc2)c2c(Nc3ccccc3)ncnc21. The van der Waals surface area contributed by atoms with Crippen LogP contribution < -0.4 is 11.1 Å². The van der Waals surface area contributed by atoms with Gasteiger partial charge in [0, 0.05) is 24.0 Å². The number of nitrogens with zero attached hydrogens (tertiary/aromatic N) is 3. The van der Waals surface area contributed by atoms with Crippen LogP contribution in [0, 0.1) is 0 Å². The van der Waals surface area contributed by atoms with Crippen molar-refractivity contribution < 1.29 is 14.2 Å². The van der Waals surface area contributed by atoms with Gasteiger partial charge in [-0.3, -0.25) is 0 Å². The number of anilines is 2. The standard InChI is InChI=1S/C26H27N5O3/c1-26(2)33-21-19(13-27)32-25(22(21)34-26)31-14-18(16-9-5-3-6-10-16)20-23(28-15-29-24(20)31)30-17-11-7-4-8-12-17/h3-12,14-15,19,21-22,25H,13,27H2,1-2H3,(H,28,29,30)/t19-,21+,22+,25+/m0/s1. The zero-order chi connectivity index (χ0) is 23.3. The zero-order valence-corrected chi connectivity index (χ0v) is 19.1. The molecule has 2 aliphatic heterocycles. The Morgan fingerprint density at radius 3 is 2.41 bits per heavy atom. The van der Waals surface area contributed by atoms with Gasteiger partial charge in [0.2, 0.25) is 0 Å². The van der Waals surface area contributed by atoms with Crippen LogP contribution in [-0.4, -0.2) is 45.2 Å². The van der Waals surface area contributed by atoms with Gasteiger partial charge in [0.15, 0.2) is 12.0 Å². The molecule has 8 nitrogen and oxygen atoms in total. The molecule has 0 radical (unpaired) electrons. The summed E-state index contributed by atoms with van der Waals surface area (Å²) in [6, 6.07) is 20.2. The molecule has 3 N–H and O–H groups in total. The molecule has 174 valence electrons. The Balaban J connectivity index is 1.51. The van der Waals surface area contributed by atoms with Gasteiger partial charge in [0.05, 0.1) is 5.39 Å². The van der Waals surface area contributed by atoms with Gasteiger partial charge in [-0.2, -0.15) is 0 Å². The van der Waals surface area contributed by atoms with E-state index in [1.54, 1.807) is 6.33 Å². The number of fused-ring (bicyclic) bond motifs is 2. The first-order valence-corrected chi connectivity index (χ1v) is 11.5. The zero-order valence-electron chi connectivity index (χ0n) is 19.1. The van der Waals surface area contributed by atoms with Crippen LogP contribution in [0.15, 0.2) is 73.2 Å². The highest BCUT2D eigenvalue weighted by molar-refractivity contribution is 6.02. The molecule has 8 heteroatoms. The lowest BCUT2D eigenvalue weighted by molar-refractivity contribution is -0.195. The molecule has 34 heavy (non-hydrogen) atoms. The summed E-state index contributed by atoms with van der Waals surface area (Å²) in [6.45, 7) is 4.18. The summed E-state index contributed by atoms with van der Waals surface area (Å²) in [7, 11) is 0. The number of hydrogen-bond donors (Lipinski definition) is 2. The molecule has 2 aliphatic rings. The van der Waals surface area contributed by atoms with E-state index in [0.29, 0.717) is 6.54 Å². The van der Waals surface area contributed by atoms with Crippen molar-refractivity contribution in [3.8, 4) is 11.1 Å². The molecular formula is C26H27N5O3. The highest BCUT2D eigenvalue weighted by Gasteiger charge is 2.55. The van der Waals surface area contributed by atoms with Crippen LogP contribution in [0.1, 0.15) is 20.1 Å². The smallest absolute Gasteiger partial charge is 0.164 e. The van der Waals surface area contributed by atoms with E-state index in [-0.39, 0.29) is 18.3 Å². The molecule has 0 bridgehead atoms. The Hall–Kier alpha value is -3.30. The number of nitrogens with one attached hydrogen (secondary N) is 1. The topological polar surface area (TPSA) is 96.5 Å². The van der Waals surface area contributed by atoms with E-state index < -0.39 is 12.0 Å². The van der Waals surface area contributed by atoms with Crippen molar-refractivity contribution in [1.29, 1.82) is 0 Å². The maximum atomic E-state index is 6.38. The van der Waals surface area contributed by atoms with E-state index in [0.717, 1.165) is 33.7 Å². The fourth-order valence-corrected chi connectivity index (χ4v) is 4.94. The van der Waals surface area contributed by atoms with E-state index in [2.05, 4.69) is 33.6 Å². The largest absolute Gasteiger partial charge is 0.348 e. The molecule has 2 saturated heterocycles. The van der Waals surface area contributed by atoms with Crippen molar-refractivity contribution >= 4 is 22.5 Å². The van der Waals surface area contributed by atoms with Crippen molar-refractivity contribution in [1.82, 2.24) is 14.5 Å². The minimum atomic E-state index is -0.703. The van der Waals surface area contributed by atoms with Crippen LogP contribution in [0.25, 0.3) is 22.2 Å². The van der Waals surface area contributed by atoms with E-state index in [1.807, 2.05) is 66.9 Å². The van der Waals surface area contributed by atoms with Crippen molar-refractivity contribution in [2.45, 2.75) is 44.2 Å². The molecule has 2 aromatic carbocycles. The Bertz CT molecular complexity index is 1310. The lowest BCUT2D eigenvalue weighted by Gasteiger charge is -2.24. The lowest BCUT2D eigenvalue weighted by Crippen LogP contribution is -2.34. The molecule has 0 unspecified atom stereocenters. The van der Waals surface area contributed by atoms with Crippen LogP contribution >= 0.6 is 0 Å². The summed E-state index contributed by atoms with van der Waals surface area (Å²) in [5, 5.41) is 4.37. The summed E-state index contributed by atoms with van der Waals surface area (Å²) >= 11 is 0. The second kappa shape index (κ2) is 8.18. The second-order valence-electron chi connectivity index (χ2n) is 9.09. The van der Waals surface area contributed by atoms with Crippen LogP contribution in [0.2, 0.25) is 0 Å². The van der Waals surface area contributed by atoms with Crippen molar-refractivity contribution in [2.24, 2.45) is 5.73 Å². The maximum Gasteiger partial charge on any atom is 0.164 e. The first kappa shape index (κ1) is 21.2. The fourth-order valence-electron chi connectivity index (χ4n) is 4.94. The number of aromatic nitrogens is 3. The van der Waals surface area contributed by atoms with E-state index in [9.17, 15) is 0 Å². The van der Waals surface area contributed by atoms with Gasteiger partial charge in [-0.15, -0.1) is 0 Å². The summed E-state index contributed by atoms with van der Waals surface area (Å²) in [5.74, 6) is 0.0213. The van der Waals surface area contributed by atoms with Gasteiger partial charge in [0.25, 0.3) is 0 Å². The predicted octanol–water partition coefficient (Wildman–Crippen LogP) is 4.22. The third kappa shape index (κ3) is 3.56. The molecule has 0 aliphatic carbocycles. The minimum absolute atomic E-state index is 0.244. The van der Waals surface area contributed by atoms with Crippen molar-refractivity contribution in [3.05, 3.63) is 73.2 Å². The Labute approximate surface area is 197 Å². The highest BCUT2D eigenvalue weighted by atomic mass is 16.8. The summed E-state index contributed by atoms with van der Waals surface area (Å²) in [6.07, 6.45) is 2.40. The third-order valence-corrected chi connectivity index (χ3v) is 6.36. The minimum Gasteiger partial charge on any atom is -0.348 e. The van der Waals surface area contributed by atoms with Crippen LogP contribution in [0.3, 0.4) is 0 Å². The molecule has 2 fully saturated rings. The molecule has 2 aromatic heterocycles. The highest BCUT2D eigenvalue weighted by Crippen LogP contribution is 2.45. The van der Waals surface area contributed by atoms with Gasteiger partial charge in [-0.05, 0) is 31.5 Å². The number of ether oxygens (including phenoxy) is 3. The molecule has 6 rings (SSSR count). The number of para-hydroxylation sites is 1. The van der Waals surface area contributed by atoms with Crippen LogP contribution in [0.4, 0.5) is 11.5 Å². The first-order chi connectivity index (χ1) is 16.5. The molecule has 0 saturated carbocycles. The molecule has 4 aromatic rings. The van der Waals surface area contributed by atoms with Crippen molar-refractivity contribution in [3.63, 3.8) is 0 Å². The molecule has 4 atom stereocenters. The average Bonchev–Trinajstić information content (AvgIpc) is 3.49. The average molecular weight is 458 g/mol. The van der Waals surface area contributed by atoms with Gasteiger partial charge in [-0.25, -0.2) is 9.97 Å². The van der Waals surface area contributed by atoms with Crippen LogP contribution in [-0.2, 0) is 14.2 Å². The fraction of sp³-hybridized carbons (Fsp3) is 0.308. The number of rotatable bonds is 5. The summed E-state index contributed by atoms with van der Waals surface area (Å²) in [5.41, 5.74) is 9.80. The van der Waals surface area contributed by atoms with Crippen molar-refractivity contribution in [2.75, 3.05) is 11.9 Å². The number of benzene rings is 2. The Morgan fingerprint density at radius 1 is 0.971 bits per heavy atom. The second-order valence-corrected chi connectivity index (χ2v) is 9.09. The van der Waals surface area contributed by atoms with E-state index in [4.69, 9.17) is 19.9 Å². The van der Waals surface area contributed by atoms with Gasteiger partial charge in [0.1, 0.15) is 36.1 Å². The molecular weight excluding hydrogens is 430 g/mol. The molecule has 0 spiro atoms. The summed E-state index contributed by atoms with van der Waals surface area (Å²) < 4.78 is 20.8. The molecule has 0 amide bonds. The normalized spacial score (nSPS) is 25.5. The third-order valence-electron chi connectivity index (χ3n) is 6.36. The van der Waals surface area contributed by atoms with Gasteiger partial charge >= 0.3 is 0 Å². The van der Waals surface area contributed by atoms with Gasteiger partial charge in [-0.1, -0.05) is 48.5 Å². The quantitative estimate of drug-likeness (QED) is 0.463. The van der Waals surface area contributed by atoms with E-state index in [1.165, 1.54) is 0 Å². The predicted molar refractivity (Wildman–Crippen MR) is 129 cm³/mol. The Morgan fingerprint density at radius 2 is 1.68 bits per heavy atom. The Kier molecular flexibility index (Phi) is 5.11. The first-order valence-electron chi connectivity index (χ1n) is 11.5. The lowest BCUT2D eigenvalue weighted by atomic mass is 10.1. The molecule has 4 heterocycles. The van der Waals surface area contributed by atoms with Gasteiger partial charge < -0.3 is 29.8 Å². The number of hydrogen-bond acceptors (Lipinski definition) is 7. The number of nitrogens with two attached hydrogens (primary N) is 1.